The normalized spacial score (nSPS) is 18.2. The largest absolute Gasteiger partial charge is 0.383 e. The molecule has 0 amide bonds. The van der Waals surface area contributed by atoms with Crippen LogP contribution in [0, 0.1) is 0 Å². The first-order valence-corrected chi connectivity index (χ1v) is 3.72. The molecule has 1 saturated heterocycles. The first kappa shape index (κ1) is 8.66. The van der Waals surface area contributed by atoms with E-state index in [2.05, 4.69) is 11.1 Å². The highest BCUT2D eigenvalue weighted by Gasteiger charge is 2.19. The third-order valence-corrected chi connectivity index (χ3v) is 1.88. The van der Waals surface area contributed by atoms with Gasteiger partial charge in [0.25, 0.3) is 0 Å². The summed E-state index contributed by atoms with van der Waals surface area (Å²) in [6.07, 6.45) is 0. The molecule has 0 aliphatic carbocycles. The molecule has 64 valence electrons. The van der Waals surface area contributed by atoms with E-state index in [1.807, 2.05) is 7.05 Å². The lowest BCUT2D eigenvalue weighted by atomic mass is 10.6. The molecule has 11 heavy (non-hydrogen) atoms. The average molecular weight is 176 g/mol. The Morgan fingerprint density at radius 2 is 2.27 bits per heavy atom. The van der Waals surface area contributed by atoms with Gasteiger partial charge in [-0.25, -0.2) is 0 Å². The quantitative estimate of drug-likeness (QED) is 0.542. The number of nitrogens with one attached hydrogen (secondary N) is 2. The van der Waals surface area contributed by atoms with Crippen molar-refractivity contribution < 1.29 is 4.74 Å². The molecular weight excluding hydrogens is 164 g/mol. The van der Waals surface area contributed by atoms with E-state index in [1.165, 1.54) is 0 Å². The second-order valence-corrected chi connectivity index (χ2v) is 2.57. The van der Waals surface area contributed by atoms with E-state index in [0.717, 1.165) is 11.7 Å². The van der Waals surface area contributed by atoms with Crippen LogP contribution in [0.1, 0.15) is 0 Å². The van der Waals surface area contributed by atoms with Crippen LogP contribution in [0.5, 0.6) is 0 Å². The van der Waals surface area contributed by atoms with Gasteiger partial charge in [-0.1, -0.05) is 0 Å². The van der Waals surface area contributed by atoms with E-state index in [-0.39, 0.29) is 0 Å². The molecule has 0 spiro atoms. The minimum Gasteiger partial charge on any atom is -0.383 e. The van der Waals surface area contributed by atoms with Crippen LogP contribution < -0.4 is 11.1 Å². The SMILES string of the molecule is COCCN1NNN(C)C1=S. The fraction of sp³-hybridized carbons (Fsp3) is 0.800. The van der Waals surface area contributed by atoms with Crippen LogP contribution in [-0.2, 0) is 4.74 Å². The number of thiocarbonyl (C=S) groups is 1. The van der Waals surface area contributed by atoms with Crippen molar-refractivity contribution in [1.29, 1.82) is 0 Å². The first-order chi connectivity index (χ1) is 5.25. The number of hydrogen-bond acceptors (Lipinski definition) is 4. The zero-order valence-electron chi connectivity index (χ0n) is 6.63. The van der Waals surface area contributed by atoms with Crippen molar-refractivity contribution in [3.63, 3.8) is 0 Å². The molecule has 0 aromatic rings. The predicted molar refractivity (Wildman–Crippen MR) is 45.2 cm³/mol. The Kier molecular flexibility index (Phi) is 3.01. The maximum Gasteiger partial charge on any atom is 0.202 e. The molecule has 0 bridgehead atoms. The van der Waals surface area contributed by atoms with E-state index in [9.17, 15) is 0 Å². The third-order valence-electron chi connectivity index (χ3n) is 1.39. The van der Waals surface area contributed by atoms with Crippen LogP contribution in [0.4, 0.5) is 0 Å². The van der Waals surface area contributed by atoms with Gasteiger partial charge in [-0.3, -0.25) is 10.0 Å². The van der Waals surface area contributed by atoms with Crippen LogP contribution >= 0.6 is 12.2 Å². The van der Waals surface area contributed by atoms with Gasteiger partial charge >= 0.3 is 0 Å². The smallest absolute Gasteiger partial charge is 0.202 e. The second kappa shape index (κ2) is 3.82. The number of rotatable bonds is 3. The Balaban J connectivity index is 2.30. The molecule has 1 rings (SSSR count). The fourth-order valence-corrected chi connectivity index (χ4v) is 0.929. The summed E-state index contributed by atoms with van der Waals surface area (Å²) in [4.78, 5) is 0. The van der Waals surface area contributed by atoms with Crippen LogP contribution in [-0.4, -0.2) is 42.4 Å². The molecular formula is C5H12N4OS. The van der Waals surface area contributed by atoms with Crippen LogP contribution in [0.25, 0.3) is 0 Å². The summed E-state index contributed by atoms with van der Waals surface area (Å²) in [5, 5.41) is 4.26. The van der Waals surface area contributed by atoms with Crippen molar-refractivity contribution in [2.24, 2.45) is 0 Å². The second-order valence-electron chi connectivity index (χ2n) is 2.21. The maximum atomic E-state index is 5.05. The number of hydrazine groups is 3. The highest BCUT2D eigenvalue weighted by Crippen LogP contribution is 1.95. The molecule has 0 atom stereocenters. The molecule has 1 fully saturated rings. The first-order valence-electron chi connectivity index (χ1n) is 3.31. The monoisotopic (exact) mass is 176 g/mol. The highest BCUT2D eigenvalue weighted by atomic mass is 32.1. The number of hydrogen-bond donors (Lipinski definition) is 2. The summed E-state index contributed by atoms with van der Waals surface area (Å²) in [5.41, 5.74) is 5.72. The minimum atomic E-state index is 0.655. The lowest BCUT2D eigenvalue weighted by Crippen LogP contribution is -2.39. The lowest BCUT2D eigenvalue weighted by molar-refractivity contribution is 0.157. The molecule has 1 heterocycles. The van der Waals surface area contributed by atoms with Gasteiger partial charge in [-0.15, -0.1) is 11.1 Å². The zero-order valence-corrected chi connectivity index (χ0v) is 7.44. The maximum absolute atomic E-state index is 5.05. The van der Waals surface area contributed by atoms with Gasteiger partial charge in [0.15, 0.2) is 0 Å². The van der Waals surface area contributed by atoms with Gasteiger partial charge in [0.2, 0.25) is 5.11 Å². The Morgan fingerprint density at radius 1 is 1.55 bits per heavy atom. The van der Waals surface area contributed by atoms with E-state index in [0.29, 0.717) is 6.61 Å². The molecule has 0 unspecified atom stereocenters. The standard InChI is InChI=1S/C5H12N4OS/c1-8-5(11)9(7-6-8)3-4-10-2/h6-7H,3-4H2,1-2H3. The Labute approximate surface area is 71.2 Å². The van der Waals surface area contributed by atoms with Crippen molar-refractivity contribution in [2.45, 2.75) is 0 Å². The van der Waals surface area contributed by atoms with Crippen molar-refractivity contribution in [3.8, 4) is 0 Å². The zero-order chi connectivity index (χ0) is 8.27. The van der Waals surface area contributed by atoms with Crippen molar-refractivity contribution in [1.82, 2.24) is 21.1 Å². The Bertz CT molecular complexity index is 153. The van der Waals surface area contributed by atoms with Gasteiger partial charge in [-0.2, -0.15) is 0 Å². The summed E-state index contributed by atoms with van der Waals surface area (Å²) in [6, 6.07) is 0. The summed E-state index contributed by atoms with van der Waals surface area (Å²) in [7, 11) is 3.51. The van der Waals surface area contributed by atoms with Gasteiger partial charge in [0.05, 0.1) is 13.2 Å². The molecule has 1 aliphatic rings. The van der Waals surface area contributed by atoms with Crippen LogP contribution in [0.3, 0.4) is 0 Å². The minimum absolute atomic E-state index is 0.655. The number of ether oxygens (including phenoxy) is 1. The van der Waals surface area contributed by atoms with Crippen molar-refractivity contribution in [2.75, 3.05) is 27.3 Å². The molecule has 0 aromatic carbocycles. The molecule has 0 aromatic heterocycles. The van der Waals surface area contributed by atoms with E-state index in [1.54, 1.807) is 17.1 Å². The molecule has 1 aliphatic heterocycles. The van der Waals surface area contributed by atoms with Gasteiger partial charge in [0, 0.05) is 14.2 Å². The van der Waals surface area contributed by atoms with E-state index < -0.39 is 0 Å². The molecule has 5 nitrogen and oxygen atoms in total. The Hall–Kier alpha value is -0.430. The van der Waals surface area contributed by atoms with Gasteiger partial charge < -0.3 is 4.74 Å². The fourth-order valence-electron chi connectivity index (χ4n) is 0.746. The summed E-state index contributed by atoms with van der Waals surface area (Å²) in [5.74, 6) is 0. The van der Waals surface area contributed by atoms with Gasteiger partial charge in [-0.05, 0) is 12.2 Å². The third kappa shape index (κ3) is 2.00. The topological polar surface area (TPSA) is 39.8 Å². The number of nitrogens with zero attached hydrogens (tertiary/aromatic N) is 2. The molecule has 2 N–H and O–H groups in total. The average Bonchev–Trinajstić information content (AvgIpc) is 2.31. The van der Waals surface area contributed by atoms with Crippen molar-refractivity contribution in [3.05, 3.63) is 0 Å². The predicted octanol–water partition coefficient (Wildman–Crippen LogP) is -0.911. The molecule has 6 heteroatoms. The highest BCUT2D eigenvalue weighted by molar-refractivity contribution is 7.80. The van der Waals surface area contributed by atoms with Crippen LogP contribution in [0.15, 0.2) is 0 Å². The lowest BCUT2D eigenvalue weighted by Gasteiger charge is -2.14. The van der Waals surface area contributed by atoms with Crippen LogP contribution in [0.2, 0.25) is 0 Å². The summed E-state index contributed by atoms with van der Waals surface area (Å²) >= 11 is 5.05. The Morgan fingerprint density at radius 3 is 2.73 bits per heavy atom. The molecule has 0 saturated carbocycles. The van der Waals surface area contributed by atoms with E-state index in [4.69, 9.17) is 17.0 Å². The van der Waals surface area contributed by atoms with Gasteiger partial charge in [0.1, 0.15) is 0 Å². The van der Waals surface area contributed by atoms with E-state index >= 15 is 0 Å². The van der Waals surface area contributed by atoms with Crippen molar-refractivity contribution >= 4 is 17.3 Å². The number of methoxy groups -OCH3 is 1. The summed E-state index contributed by atoms with van der Waals surface area (Å²) in [6.45, 7) is 1.40. The molecule has 0 radical (unpaired) electrons. The summed E-state index contributed by atoms with van der Waals surface area (Å²) < 4.78 is 4.90.